The van der Waals surface area contributed by atoms with Crippen molar-refractivity contribution in [3.8, 4) is 0 Å². The molecule has 2 aromatic rings. The number of nitrogens with zero attached hydrogens (tertiary/aromatic N) is 3. The number of aliphatic hydroxyl groups is 1. The number of thioether (sulfide) groups is 1. The Hall–Kier alpha value is -1.63. The molecule has 5 nitrogen and oxygen atoms in total. The Morgan fingerprint density at radius 3 is 2.48 bits per heavy atom. The number of aliphatic hydroxyl groups excluding tert-OH is 1. The molecule has 0 radical (unpaired) electrons. The number of carbonyl (C=O) groups excluding carboxylic acids is 1. The van der Waals surface area contributed by atoms with Crippen molar-refractivity contribution in [3.05, 3.63) is 53.1 Å². The van der Waals surface area contributed by atoms with Crippen LogP contribution in [0.5, 0.6) is 0 Å². The van der Waals surface area contributed by atoms with Crippen molar-refractivity contribution in [2.45, 2.75) is 11.8 Å². The zero-order chi connectivity index (χ0) is 16.7. The third kappa shape index (κ3) is 5.49. The van der Waals surface area contributed by atoms with Crippen molar-refractivity contribution in [2.24, 2.45) is 0 Å². The number of carbonyl (C=O) groups is 1. The summed E-state index contributed by atoms with van der Waals surface area (Å²) in [6, 6.07) is 7.56. The van der Waals surface area contributed by atoms with E-state index in [4.69, 9.17) is 11.6 Å². The van der Waals surface area contributed by atoms with Crippen LogP contribution in [0.3, 0.4) is 0 Å². The molecule has 0 aliphatic rings. The summed E-state index contributed by atoms with van der Waals surface area (Å²) in [5.74, 6) is 1.17. The fraction of sp³-hybridized carbons (Fsp3) is 0.312. The first kappa shape index (κ1) is 17.7. The van der Waals surface area contributed by atoms with E-state index in [2.05, 4.69) is 9.97 Å². The first-order valence-corrected chi connectivity index (χ1v) is 8.53. The molecule has 0 saturated carbocycles. The highest BCUT2D eigenvalue weighted by atomic mass is 35.5. The standard InChI is InChI=1S/C16H18ClN3O2S/c1-12-18-10-13(11-19-12)16(22)20(6-8-21)7-9-23-15-4-2-14(17)3-5-15/h2-5,10-11,21H,6-9H2,1H3. The predicted molar refractivity (Wildman–Crippen MR) is 91.9 cm³/mol. The van der Waals surface area contributed by atoms with E-state index >= 15 is 0 Å². The Morgan fingerprint density at radius 2 is 1.87 bits per heavy atom. The van der Waals surface area contributed by atoms with Gasteiger partial charge in [0.2, 0.25) is 0 Å². The minimum absolute atomic E-state index is 0.0793. The quantitative estimate of drug-likeness (QED) is 0.777. The lowest BCUT2D eigenvalue weighted by molar-refractivity contribution is 0.0733. The maximum atomic E-state index is 12.4. The largest absolute Gasteiger partial charge is 0.395 e. The Bertz CT molecular complexity index is 635. The molecule has 23 heavy (non-hydrogen) atoms. The van der Waals surface area contributed by atoms with Crippen LogP contribution < -0.4 is 0 Å². The van der Waals surface area contributed by atoms with Gasteiger partial charge in [-0.15, -0.1) is 11.8 Å². The normalized spacial score (nSPS) is 10.6. The number of hydrogen-bond donors (Lipinski definition) is 1. The summed E-state index contributed by atoms with van der Waals surface area (Å²) in [7, 11) is 0. The van der Waals surface area contributed by atoms with Crippen LogP contribution in [0.15, 0.2) is 41.6 Å². The van der Waals surface area contributed by atoms with Crippen LogP contribution in [0, 0.1) is 6.92 Å². The molecule has 7 heteroatoms. The van der Waals surface area contributed by atoms with E-state index in [0.29, 0.717) is 23.0 Å². The van der Waals surface area contributed by atoms with Gasteiger partial charge in [0.15, 0.2) is 0 Å². The molecule has 1 heterocycles. The van der Waals surface area contributed by atoms with E-state index < -0.39 is 0 Å². The lowest BCUT2D eigenvalue weighted by Crippen LogP contribution is -2.35. The molecule has 0 atom stereocenters. The molecule has 0 saturated heterocycles. The molecule has 1 N–H and O–H groups in total. The smallest absolute Gasteiger partial charge is 0.257 e. The average Bonchev–Trinajstić information content (AvgIpc) is 2.56. The highest BCUT2D eigenvalue weighted by Gasteiger charge is 2.16. The van der Waals surface area contributed by atoms with E-state index in [0.717, 1.165) is 10.6 Å². The summed E-state index contributed by atoms with van der Waals surface area (Å²) in [6.45, 7) is 2.50. The molecule has 1 amide bonds. The van der Waals surface area contributed by atoms with Crippen LogP contribution in [0.25, 0.3) is 0 Å². The van der Waals surface area contributed by atoms with Crippen molar-refractivity contribution in [1.29, 1.82) is 0 Å². The van der Waals surface area contributed by atoms with E-state index in [1.807, 2.05) is 24.3 Å². The van der Waals surface area contributed by atoms with Crippen molar-refractivity contribution < 1.29 is 9.90 Å². The zero-order valence-corrected chi connectivity index (χ0v) is 14.3. The van der Waals surface area contributed by atoms with Gasteiger partial charge in [-0.25, -0.2) is 9.97 Å². The SMILES string of the molecule is Cc1ncc(C(=O)N(CCO)CCSc2ccc(Cl)cc2)cn1. The first-order chi connectivity index (χ1) is 11.1. The lowest BCUT2D eigenvalue weighted by Gasteiger charge is -2.21. The van der Waals surface area contributed by atoms with Gasteiger partial charge in [0, 0.05) is 41.2 Å². The van der Waals surface area contributed by atoms with Gasteiger partial charge in [-0.3, -0.25) is 4.79 Å². The third-order valence-corrected chi connectivity index (χ3v) is 4.37. The molecule has 0 fully saturated rings. The van der Waals surface area contributed by atoms with Gasteiger partial charge in [0.1, 0.15) is 5.82 Å². The minimum atomic E-state index is -0.171. The third-order valence-electron chi connectivity index (χ3n) is 3.13. The van der Waals surface area contributed by atoms with Crippen LogP contribution >= 0.6 is 23.4 Å². The number of rotatable bonds is 7. The van der Waals surface area contributed by atoms with Gasteiger partial charge in [-0.05, 0) is 31.2 Å². The van der Waals surface area contributed by atoms with Crippen molar-refractivity contribution in [2.75, 3.05) is 25.4 Å². The summed E-state index contributed by atoms with van der Waals surface area (Å²) in [5, 5.41) is 9.88. The monoisotopic (exact) mass is 351 g/mol. The molecule has 1 aromatic heterocycles. The molecule has 0 spiro atoms. The topological polar surface area (TPSA) is 66.3 Å². The maximum Gasteiger partial charge on any atom is 0.257 e. The molecule has 2 rings (SSSR count). The second kappa shape index (κ2) is 8.86. The van der Waals surface area contributed by atoms with Gasteiger partial charge in [0.25, 0.3) is 5.91 Å². The number of hydrogen-bond acceptors (Lipinski definition) is 5. The number of halogens is 1. The molecule has 0 aliphatic heterocycles. The van der Waals surface area contributed by atoms with Crippen molar-refractivity contribution in [3.63, 3.8) is 0 Å². The summed E-state index contributed by atoms with van der Waals surface area (Å²) in [5.41, 5.74) is 0.431. The van der Waals surface area contributed by atoms with Crippen molar-refractivity contribution >= 4 is 29.3 Å². The molecule has 0 bridgehead atoms. The maximum absolute atomic E-state index is 12.4. The van der Waals surface area contributed by atoms with Crippen LogP contribution in [0.1, 0.15) is 16.2 Å². The zero-order valence-electron chi connectivity index (χ0n) is 12.8. The van der Waals surface area contributed by atoms with Crippen LogP contribution in [-0.2, 0) is 0 Å². The van der Waals surface area contributed by atoms with Crippen molar-refractivity contribution in [1.82, 2.24) is 14.9 Å². The number of aryl methyl sites for hydroxylation is 1. The number of benzene rings is 1. The predicted octanol–water partition coefficient (Wildman–Crippen LogP) is 2.67. The van der Waals surface area contributed by atoms with Gasteiger partial charge >= 0.3 is 0 Å². The number of aromatic nitrogens is 2. The van der Waals surface area contributed by atoms with Gasteiger partial charge in [-0.1, -0.05) is 11.6 Å². The van der Waals surface area contributed by atoms with E-state index in [1.165, 1.54) is 12.4 Å². The molecule has 0 unspecified atom stereocenters. The fourth-order valence-electron chi connectivity index (χ4n) is 1.93. The summed E-state index contributed by atoms with van der Waals surface area (Å²) >= 11 is 7.49. The van der Waals surface area contributed by atoms with E-state index in [1.54, 1.807) is 23.6 Å². The van der Waals surface area contributed by atoms with Gasteiger partial charge < -0.3 is 10.0 Å². The van der Waals surface area contributed by atoms with E-state index in [-0.39, 0.29) is 19.1 Å². The highest BCUT2D eigenvalue weighted by molar-refractivity contribution is 7.99. The lowest BCUT2D eigenvalue weighted by atomic mass is 10.3. The summed E-state index contributed by atoms with van der Waals surface area (Å²) in [4.78, 5) is 23.2. The summed E-state index contributed by atoms with van der Waals surface area (Å²) in [6.07, 6.45) is 3.03. The Morgan fingerprint density at radius 1 is 1.22 bits per heavy atom. The highest BCUT2D eigenvalue weighted by Crippen LogP contribution is 2.20. The van der Waals surface area contributed by atoms with Gasteiger partial charge in [0.05, 0.1) is 12.2 Å². The van der Waals surface area contributed by atoms with E-state index in [9.17, 15) is 9.90 Å². The molecule has 0 aliphatic carbocycles. The summed E-state index contributed by atoms with van der Waals surface area (Å²) < 4.78 is 0. The molecule has 122 valence electrons. The van der Waals surface area contributed by atoms with Crippen LogP contribution in [0.2, 0.25) is 5.02 Å². The molecular formula is C16H18ClN3O2S. The Labute approximate surface area is 144 Å². The molecule has 1 aromatic carbocycles. The molecular weight excluding hydrogens is 334 g/mol. The van der Waals surface area contributed by atoms with Crippen LogP contribution in [0.4, 0.5) is 0 Å². The Kier molecular flexibility index (Phi) is 6.83. The minimum Gasteiger partial charge on any atom is -0.395 e. The number of amides is 1. The fourth-order valence-corrected chi connectivity index (χ4v) is 2.93. The second-order valence-electron chi connectivity index (χ2n) is 4.84. The van der Waals surface area contributed by atoms with Gasteiger partial charge in [-0.2, -0.15) is 0 Å². The average molecular weight is 352 g/mol. The van der Waals surface area contributed by atoms with Crippen LogP contribution in [-0.4, -0.2) is 51.3 Å². The Balaban J connectivity index is 1.93. The second-order valence-corrected chi connectivity index (χ2v) is 6.44. The first-order valence-electron chi connectivity index (χ1n) is 7.17.